The monoisotopic (exact) mass is 471 g/mol. The summed E-state index contributed by atoms with van der Waals surface area (Å²) in [7, 11) is 0. The van der Waals surface area contributed by atoms with Gasteiger partial charge in [-0.15, -0.1) is 35.3 Å². The molecule has 0 aliphatic carbocycles. The maximum absolute atomic E-state index is 4.67. The van der Waals surface area contributed by atoms with E-state index in [0.717, 1.165) is 44.1 Å². The van der Waals surface area contributed by atoms with E-state index in [9.17, 15) is 0 Å². The highest BCUT2D eigenvalue weighted by molar-refractivity contribution is 14.0. The maximum atomic E-state index is 4.67. The van der Waals surface area contributed by atoms with E-state index < -0.39 is 0 Å². The van der Waals surface area contributed by atoms with Crippen molar-refractivity contribution in [2.75, 3.05) is 24.5 Å². The van der Waals surface area contributed by atoms with Crippen LogP contribution >= 0.6 is 35.3 Å². The van der Waals surface area contributed by atoms with E-state index in [1.165, 1.54) is 5.00 Å². The molecule has 2 N–H and O–H groups in total. The quantitative estimate of drug-likeness (QED) is 0.399. The van der Waals surface area contributed by atoms with E-state index in [4.69, 9.17) is 0 Å². The van der Waals surface area contributed by atoms with Gasteiger partial charge in [0.1, 0.15) is 0 Å². The minimum Gasteiger partial charge on any atom is -0.363 e. The Bertz CT molecular complexity index is 624. The summed E-state index contributed by atoms with van der Waals surface area (Å²) >= 11 is 1.82. The third-order valence-electron chi connectivity index (χ3n) is 4.12. The first kappa shape index (κ1) is 20.0. The summed E-state index contributed by atoms with van der Waals surface area (Å²) in [5, 5.41) is 10.4. The first-order chi connectivity index (χ1) is 11.8. The van der Waals surface area contributed by atoms with Crippen LogP contribution in [0.25, 0.3) is 0 Å². The summed E-state index contributed by atoms with van der Waals surface area (Å²) in [6, 6.07) is 10.7. The summed E-state index contributed by atoms with van der Waals surface area (Å²) in [5.74, 6) is 0.887. The fourth-order valence-electron chi connectivity index (χ4n) is 2.86. The van der Waals surface area contributed by atoms with Gasteiger partial charge in [-0.1, -0.05) is 6.07 Å². The smallest absolute Gasteiger partial charge is 0.191 e. The Morgan fingerprint density at radius 2 is 2.12 bits per heavy atom. The van der Waals surface area contributed by atoms with Crippen molar-refractivity contribution in [3.63, 3.8) is 0 Å². The van der Waals surface area contributed by atoms with Crippen LogP contribution in [0.15, 0.2) is 46.9 Å². The van der Waals surface area contributed by atoms with E-state index in [1.54, 1.807) is 0 Å². The highest BCUT2D eigenvalue weighted by Gasteiger charge is 2.20. The van der Waals surface area contributed by atoms with Gasteiger partial charge in [0.2, 0.25) is 0 Å². The second kappa shape index (κ2) is 10.6. The summed E-state index contributed by atoms with van der Waals surface area (Å²) in [6.07, 6.45) is 4.07. The standard InChI is InChI=1S/C18H25N5S.HI/c1-2-19-18(21-14-16-6-3-4-10-20-16)22-15-8-11-23(12-9-15)17-7-5-13-24-17;/h3-7,10,13,15H,2,8-9,11-12,14H2,1H3,(H2,19,21,22);1H. The predicted octanol–water partition coefficient (Wildman–Crippen LogP) is 3.49. The normalized spacial score (nSPS) is 15.6. The number of pyridine rings is 1. The lowest BCUT2D eigenvalue weighted by atomic mass is 10.1. The van der Waals surface area contributed by atoms with Gasteiger partial charge in [-0.3, -0.25) is 4.98 Å². The highest BCUT2D eigenvalue weighted by Crippen LogP contribution is 2.24. The number of guanidine groups is 1. The number of thiophene rings is 1. The zero-order valence-corrected chi connectivity index (χ0v) is 17.7. The molecule has 0 unspecified atom stereocenters. The number of hydrogen-bond donors (Lipinski definition) is 2. The molecule has 0 radical (unpaired) electrons. The zero-order valence-electron chi connectivity index (χ0n) is 14.5. The van der Waals surface area contributed by atoms with Crippen LogP contribution in [-0.2, 0) is 6.54 Å². The Morgan fingerprint density at radius 3 is 2.76 bits per heavy atom. The van der Waals surface area contributed by atoms with Crippen LogP contribution in [0, 0.1) is 0 Å². The molecule has 0 saturated carbocycles. The molecule has 3 heterocycles. The third kappa shape index (κ3) is 6.14. The molecule has 2 aromatic heterocycles. The number of nitrogens with zero attached hydrogens (tertiary/aromatic N) is 3. The number of aromatic nitrogens is 1. The number of anilines is 1. The van der Waals surface area contributed by atoms with Crippen LogP contribution in [-0.4, -0.2) is 36.6 Å². The molecule has 0 amide bonds. The van der Waals surface area contributed by atoms with Gasteiger partial charge in [0.05, 0.1) is 17.2 Å². The van der Waals surface area contributed by atoms with Gasteiger partial charge in [0.25, 0.3) is 0 Å². The van der Waals surface area contributed by atoms with E-state index >= 15 is 0 Å². The largest absolute Gasteiger partial charge is 0.363 e. The van der Waals surface area contributed by atoms with Crippen molar-refractivity contribution < 1.29 is 0 Å². The molecule has 136 valence electrons. The van der Waals surface area contributed by atoms with Gasteiger partial charge in [0, 0.05) is 31.9 Å². The van der Waals surface area contributed by atoms with E-state index in [1.807, 2.05) is 35.7 Å². The first-order valence-electron chi connectivity index (χ1n) is 8.58. The van der Waals surface area contributed by atoms with Crippen molar-refractivity contribution in [1.82, 2.24) is 15.6 Å². The Balaban J connectivity index is 0.00000225. The van der Waals surface area contributed by atoms with Crippen LogP contribution in [0.1, 0.15) is 25.5 Å². The molecule has 0 spiro atoms. The van der Waals surface area contributed by atoms with Crippen LogP contribution in [0.2, 0.25) is 0 Å². The highest BCUT2D eigenvalue weighted by atomic mass is 127. The lowest BCUT2D eigenvalue weighted by Gasteiger charge is -2.33. The Kier molecular flexibility index (Phi) is 8.47. The van der Waals surface area contributed by atoms with Gasteiger partial charge in [0.15, 0.2) is 5.96 Å². The Hall–Kier alpha value is -1.35. The first-order valence-corrected chi connectivity index (χ1v) is 9.46. The molecule has 7 heteroatoms. The van der Waals surface area contributed by atoms with Crippen LogP contribution in [0.4, 0.5) is 5.00 Å². The molecule has 3 rings (SSSR count). The molecule has 5 nitrogen and oxygen atoms in total. The van der Waals surface area contributed by atoms with Crippen molar-refractivity contribution in [3.05, 3.63) is 47.6 Å². The number of nitrogens with one attached hydrogen (secondary N) is 2. The summed E-state index contributed by atoms with van der Waals surface area (Å²) in [4.78, 5) is 11.5. The fourth-order valence-corrected chi connectivity index (χ4v) is 3.64. The number of halogens is 1. The second-order valence-corrected chi connectivity index (χ2v) is 6.80. The zero-order chi connectivity index (χ0) is 16.6. The third-order valence-corrected chi connectivity index (χ3v) is 5.05. The van der Waals surface area contributed by atoms with Gasteiger partial charge >= 0.3 is 0 Å². The van der Waals surface area contributed by atoms with E-state index in [0.29, 0.717) is 12.6 Å². The number of hydrogen-bond acceptors (Lipinski definition) is 4. The molecule has 1 aliphatic heterocycles. The average Bonchev–Trinajstić information content (AvgIpc) is 3.16. The van der Waals surface area contributed by atoms with Gasteiger partial charge in [-0.05, 0) is 49.4 Å². The van der Waals surface area contributed by atoms with Gasteiger partial charge in [-0.25, -0.2) is 4.99 Å². The van der Waals surface area contributed by atoms with E-state index in [2.05, 4.69) is 49.9 Å². The molecule has 25 heavy (non-hydrogen) atoms. The molecular formula is C18H26IN5S. The summed E-state index contributed by atoms with van der Waals surface area (Å²) < 4.78 is 0. The molecular weight excluding hydrogens is 445 g/mol. The van der Waals surface area contributed by atoms with Crippen molar-refractivity contribution in [2.24, 2.45) is 4.99 Å². The van der Waals surface area contributed by atoms with Crippen LogP contribution in [0.5, 0.6) is 0 Å². The number of piperidine rings is 1. The second-order valence-electron chi connectivity index (χ2n) is 5.87. The summed E-state index contributed by atoms with van der Waals surface area (Å²) in [6.45, 7) is 5.75. The fraction of sp³-hybridized carbons (Fsp3) is 0.444. The molecule has 0 aromatic carbocycles. The molecule has 0 bridgehead atoms. The van der Waals surface area contributed by atoms with E-state index in [-0.39, 0.29) is 24.0 Å². The lowest BCUT2D eigenvalue weighted by molar-refractivity contribution is 0.463. The topological polar surface area (TPSA) is 52.6 Å². The molecule has 1 saturated heterocycles. The van der Waals surface area contributed by atoms with Crippen molar-refractivity contribution in [2.45, 2.75) is 32.4 Å². The van der Waals surface area contributed by atoms with Gasteiger partial charge < -0.3 is 15.5 Å². The molecule has 1 fully saturated rings. The van der Waals surface area contributed by atoms with Crippen molar-refractivity contribution in [3.8, 4) is 0 Å². The molecule has 2 aromatic rings. The molecule has 1 aliphatic rings. The van der Waals surface area contributed by atoms with Crippen molar-refractivity contribution >= 4 is 46.3 Å². The SMILES string of the molecule is CCNC(=NCc1ccccn1)NC1CCN(c2cccs2)CC1.I. The number of aliphatic imine (C=N–C) groups is 1. The van der Waals surface area contributed by atoms with Gasteiger partial charge in [-0.2, -0.15) is 0 Å². The van der Waals surface area contributed by atoms with Crippen LogP contribution in [0.3, 0.4) is 0 Å². The minimum atomic E-state index is 0. The lowest BCUT2D eigenvalue weighted by Crippen LogP contribution is -2.48. The predicted molar refractivity (Wildman–Crippen MR) is 117 cm³/mol. The Morgan fingerprint density at radius 1 is 1.28 bits per heavy atom. The van der Waals surface area contributed by atoms with Crippen LogP contribution < -0.4 is 15.5 Å². The average molecular weight is 471 g/mol. The summed E-state index contributed by atoms with van der Waals surface area (Å²) in [5.41, 5.74) is 0.988. The minimum absolute atomic E-state index is 0. The Labute approximate surface area is 171 Å². The maximum Gasteiger partial charge on any atom is 0.191 e. The molecule has 0 atom stereocenters. The van der Waals surface area contributed by atoms with Crippen molar-refractivity contribution in [1.29, 1.82) is 0 Å². The number of rotatable bonds is 5.